The van der Waals surface area contributed by atoms with Crippen LogP contribution in [0.3, 0.4) is 0 Å². The van der Waals surface area contributed by atoms with Gasteiger partial charge in [-0.15, -0.1) is 0 Å². The third-order valence-electron chi connectivity index (χ3n) is 6.39. The Morgan fingerprint density at radius 2 is 1.54 bits per heavy atom. The number of nitro groups is 1. The van der Waals surface area contributed by atoms with E-state index in [2.05, 4.69) is 0 Å². The number of hydrogen-bond acceptors (Lipinski definition) is 4. The van der Waals surface area contributed by atoms with E-state index in [1.807, 2.05) is 91.9 Å². The first kappa shape index (κ1) is 22.2. The first-order valence-electron chi connectivity index (χ1n) is 11.3. The molecule has 1 aliphatic rings. The fourth-order valence-corrected chi connectivity index (χ4v) is 4.64. The molecule has 1 atom stereocenters. The molecule has 0 saturated heterocycles. The quantitative estimate of drug-likeness (QED) is 0.251. The van der Waals surface area contributed by atoms with Crippen molar-refractivity contribution in [3.05, 3.63) is 136 Å². The molecule has 0 radical (unpaired) electrons. The van der Waals surface area contributed by atoms with E-state index in [0.29, 0.717) is 17.8 Å². The van der Waals surface area contributed by atoms with Crippen LogP contribution in [0, 0.1) is 10.1 Å². The van der Waals surface area contributed by atoms with Gasteiger partial charge in [0.05, 0.1) is 27.5 Å². The van der Waals surface area contributed by atoms with Gasteiger partial charge in [-0.05, 0) is 36.2 Å². The SMILES string of the molecule is C[C@]1(c2ccccc2)CC(c2ccccc2)=Nc2ccccc2N1C(=O)c1cccc([N+](=O)[O-])c1. The number of benzene rings is 4. The number of carbonyl (C=O) groups excluding carboxylic acids is 1. The zero-order chi connectivity index (χ0) is 24.4. The number of nitrogens with zero attached hydrogens (tertiary/aromatic N) is 3. The molecule has 35 heavy (non-hydrogen) atoms. The molecule has 0 fully saturated rings. The van der Waals surface area contributed by atoms with Crippen LogP contribution in [0.15, 0.2) is 114 Å². The minimum Gasteiger partial charge on any atom is -0.296 e. The summed E-state index contributed by atoms with van der Waals surface area (Å²) in [5.41, 5.74) is 3.42. The number of hydrogen-bond donors (Lipinski definition) is 0. The van der Waals surface area contributed by atoms with Gasteiger partial charge < -0.3 is 0 Å². The van der Waals surface area contributed by atoms with Gasteiger partial charge in [0.1, 0.15) is 0 Å². The van der Waals surface area contributed by atoms with Gasteiger partial charge in [-0.1, -0.05) is 78.9 Å². The van der Waals surface area contributed by atoms with Gasteiger partial charge in [0.25, 0.3) is 11.6 Å². The van der Waals surface area contributed by atoms with Crippen molar-refractivity contribution in [3.8, 4) is 0 Å². The van der Waals surface area contributed by atoms with E-state index >= 15 is 0 Å². The van der Waals surface area contributed by atoms with Crippen LogP contribution in [0.5, 0.6) is 0 Å². The second-order valence-corrected chi connectivity index (χ2v) is 8.68. The van der Waals surface area contributed by atoms with Crippen molar-refractivity contribution in [2.24, 2.45) is 4.99 Å². The van der Waals surface area contributed by atoms with Gasteiger partial charge in [-0.25, -0.2) is 0 Å². The zero-order valence-electron chi connectivity index (χ0n) is 19.2. The average Bonchev–Trinajstić information content (AvgIpc) is 3.04. The van der Waals surface area contributed by atoms with Crippen LogP contribution in [0.2, 0.25) is 0 Å². The minimum absolute atomic E-state index is 0.124. The van der Waals surface area contributed by atoms with Gasteiger partial charge in [0.2, 0.25) is 0 Å². The van der Waals surface area contributed by atoms with Gasteiger partial charge in [-0.2, -0.15) is 0 Å². The molecule has 0 saturated carbocycles. The fraction of sp³-hybridized carbons (Fsp3) is 0.103. The Bertz CT molecular complexity index is 1430. The van der Waals surface area contributed by atoms with Crippen LogP contribution in [0.25, 0.3) is 0 Å². The number of rotatable bonds is 4. The van der Waals surface area contributed by atoms with Crippen molar-refractivity contribution in [1.29, 1.82) is 0 Å². The van der Waals surface area contributed by atoms with Crippen molar-refractivity contribution < 1.29 is 9.72 Å². The number of aliphatic imine (C=N–C) groups is 1. The number of anilines is 1. The summed E-state index contributed by atoms with van der Waals surface area (Å²) in [6.45, 7) is 2.03. The third-order valence-corrected chi connectivity index (χ3v) is 6.39. The van der Waals surface area contributed by atoms with Crippen molar-refractivity contribution in [1.82, 2.24) is 0 Å². The normalized spacial score (nSPS) is 17.2. The van der Waals surface area contributed by atoms with E-state index in [9.17, 15) is 14.9 Å². The summed E-state index contributed by atoms with van der Waals surface area (Å²) in [6, 6.07) is 33.2. The number of fused-ring (bicyclic) bond motifs is 1. The summed E-state index contributed by atoms with van der Waals surface area (Å²) in [6.07, 6.45) is 0.455. The summed E-state index contributed by atoms with van der Waals surface area (Å²) < 4.78 is 0. The Morgan fingerprint density at radius 3 is 2.26 bits per heavy atom. The van der Waals surface area contributed by atoms with Crippen LogP contribution >= 0.6 is 0 Å². The maximum absolute atomic E-state index is 14.2. The van der Waals surface area contributed by atoms with E-state index in [0.717, 1.165) is 16.8 Å². The Balaban J connectivity index is 1.74. The lowest BCUT2D eigenvalue weighted by Gasteiger charge is -2.41. The minimum atomic E-state index is -0.815. The molecule has 0 bridgehead atoms. The number of non-ortho nitro benzene ring substituents is 1. The molecule has 0 spiro atoms. The highest BCUT2D eigenvalue weighted by Gasteiger charge is 2.42. The molecular weight excluding hydrogens is 438 g/mol. The molecule has 1 amide bonds. The maximum Gasteiger partial charge on any atom is 0.270 e. The first-order chi connectivity index (χ1) is 17.0. The Morgan fingerprint density at radius 1 is 0.886 bits per heavy atom. The summed E-state index contributed by atoms with van der Waals surface area (Å²) in [5.74, 6) is -0.322. The van der Waals surface area contributed by atoms with Crippen molar-refractivity contribution in [2.45, 2.75) is 18.9 Å². The van der Waals surface area contributed by atoms with E-state index in [1.165, 1.54) is 12.1 Å². The Kier molecular flexibility index (Phi) is 5.71. The molecule has 0 aliphatic carbocycles. The zero-order valence-corrected chi connectivity index (χ0v) is 19.2. The molecule has 6 nitrogen and oxygen atoms in total. The number of para-hydroxylation sites is 2. The molecule has 1 heterocycles. The lowest BCUT2D eigenvalue weighted by molar-refractivity contribution is -0.384. The maximum atomic E-state index is 14.2. The molecule has 6 heteroatoms. The highest BCUT2D eigenvalue weighted by Crippen LogP contribution is 2.45. The van der Waals surface area contributed by atoms with E-state index in [-0.39, 0.29) is 17.2 Å². The topological polar surface area (TPSA) is 75.8 Å². The average molecular weight is 462 g/mol. The highest BCUT2D eigenvalue weighted by molar-refractivity contribution is 6.12. The molecule has 0 aromatic heterocycles. The molecule has 4 aromatic carbocycles. The largest absolute Gasteiger partial charge is 0.296 e. The fourth-order valence-electron chi connectivity index (χ4n) is 4.64. The summed E-state index contributed by atoms with van der Waals surface area (Å²) in [7, 11) is 0. The second-order valence-electron chi connectivity index (χ2n) is 8.68. The van der Waals surface area contributed by atoms with Gasteiger partial charge in [-0.3, -0.25) is 24.8 Å². The summed E-state index contributed by atoms with van der Waals surface area (Å²) in [4.78, 5) is 31.9. The van der Waals surface area contributed by atoms with Gasteiger partial charge in [0.15, 0.2) is 0 Å². The molecule has 1 aliphatic heterocycles. The smallest absolute Gasteiger partial charge is 0.270 e. The monoisotopic (exact) mass is 461 g/mol. The van der Waals surface area contributed by atoms with Crippen LogP contribution < -0.4 is 4.90 Å². The standard InChI is InChI=1S/C29H23N3O3/c1-29(23-14-6-3-7-15-23)20-26(21-11-4-2-5-12-21)30-25-17-8-9-18-27(25)31(29)28(33)22-13-10-16-24(19-22)32(34)35/h2-19H,20H2,1H3/t29-/m1/s1. The molecule has 5 rings (SSSR count). The molecular formula is C29H23N3O3. The second kappa shape index (κ2) is 8.99. The van der Waals surface area contributed by atoms with Crippen molar-refractivity contribution in [3.63, 3.8) is 0 Å². The Hall–Kier alpha value is -4.58. The highest BCUT2D eigenvalue weighted by atomic mass is 16.6. The third kappa shape index (κ3) is 4.10. The van der Waals surface area contributed by atoms with Crippen LogP contribution in [0.1, 0.15) is 34.8 Å². The van der Waals surface area contributed by atoms with E-state index in [4.69, 9.17) is 4.99 Å². The van der Waals surface area contributed by atoms with Crippen LogP contribution in [-0.4, -0.2) is 16.5 Å². The van der Waals surface area contributed by atoms with Crippen molar-refractivity contribution >= 4 is 28.7 Å². The van der Waals surface area contributed by atoms with Gasteiger partial charge in [0, 0.05) is 24.1 Å². The Labute approximate surface area is 203 Å². The molecule has 0 N–H and O–H groups in total. The molecule has 4 aromatic rings. The predicted octanol–water partition coefficient (Wildman–Crippen LogP) is 6.68. The van der Waals surface area contributed by atoms with E-state index < -0.39 is 10.5 Å². The lowest BCUT2D eigenvalue weighted by atomic mass is 9.82. The van der Waals surface area contributed by atoms with Gasteiger partial charge >= 0.3 is 0 Å². The van der Waals surface area contributed by atoms with Crippen LogP contribution in [0.4, 0.5) is 17.1 Å². The van der Waals surface area contributed by atoms with Crippen LogP contribution in [-0.2, 0) is 5.54 Å². The molecule has 172 valence electrons. The number of nitro benzene ring substituents is 1. The number of carbonyl (C=O) groups is 1. The summed E-state index contributed by atoms with van der Waals surface area (Å²) in [5, 5.41) is 11.4. The van der Waals surface area contributed by atoms with E-state index in [1.54, 1.807) is 17.0 Å². The predicted molar refractivity (Wildman–Crippen MR) is 137 cm³/mol. The first-order valence-corrected chi connectivity index (χ1v) is 11.3. The lowest BCUT2D eigenvalue weighted by Crippen LogP contribution is -2.48. The number of amides is 1. The molecule has 0 unspecified atom stereocenters. The summed E-state index contributed by atoms with van der Waals surface area (Å²) >= 11 is 0. The van der Waals surface area contributed by atoms with Crippen molar-refractivity contribution in [2.75, 3.05) is 4.90 Å².